The summed E-state index contributed by atoms with van der Waals surface area (Å²) < 4.78 is 8.57. The van der Waals surface area contributed by atoms with Crippen LogP contribution in [0.15, 0.2) is 39.9 Å². The Morgan fingerprint density at radius 2 is 1.90 bits per heavy atom. The molecule has 2 aromatic heterocycles. The molecular formula is C21H26N4O4. The number of nitrogens with zero attached hydrogens (tertiary/aromatic N) is 3. The van der Waals surface area contributed by atoms with Crippen molar-refractivity contribution in [2.75, 3.05) is 0 Å². The van der Waals surface area contributed by atoms with E-state index in [1.807, 2.05) is 44.2 Å². The smallest absolute Gasteiger partial charge is 0.330 e. The molecule has 0 fully saturated rings. The Kier molecular flexibility index (Phi) is 6.64. The van der Waals surface area contributed by atoms with E-state index >= 15 is 0 Å². The van der Waals surface area contributed by atoms with Crippen molar-refractivity contribution < 1.29 is 9.53 Å². The zero-order valence-electron chi connectivity index (χ0n) is 16.8. The molecule has 2 heterocycles. The van der Waals surface area contributed by atoms with Gasteiger partial charge in [0, 0.05) is 19.5 Å². The Labute approximate surface area is 168 Å². The van der Waals surface area contributed by atoms with Crippen molar-refractivity contribution in [3.05, 3.63) is 62.6 Å². The quantitative estimate of drug-likeness (QED) is 0.558. The molecule has 0 saturated heterocycles. The minimum absolute atomic E-state index is 0.0441. The van der Waals surface area contributed by atoms with Crippen molar-refractivity contribution in [2.45, 2.75) is 59.2 Å². The molecule has 1 N–H and O–H groups in total. The summed E-state index contributed by atoms with van der Waals surface area (Å²) in [5, 5.41) is 0. The average Bonchev–Trinajstić information content (AvgIpc) is 3.10. The summed E-state index contributed by atoms with van der Waals surface area (Å²) in [6.45, 7) is 4.81. The van der Waals surface area contributed by atoms with E-state index in [9.17, 15) is 14.4 Å². The standard InChI is InChI=1S/C21H26N4O4/c1-3-5-13-25-19-18(20(27)23-21(25)28)24(4-2)16(22-19)14-29-17(26)12-11-15-9-7-6-8-10-15/h6-10H,3-5,11-14H2,1-2H3,(H,23,27,28). The molecular weight excluding hydrogens is 372 g/mol. The van der Waals surface area contributed by atoms with E-state index < -0.39 is 11.2 Å². The molecule has 0 spiro atoms. The lowest BCUT2D eigenvalue weighted by Crippen LogP contribution is -2.31. The molecule has 0 radical (unpaired) electrons. The first kappa shape index (κ1) is 20.6. The van der Waals surface area contributed by atoms with Crippen LogP contribution in [0.4, 0.5) is 0 Å². The highest BCUT2D eigenvalue weighted by Crippen LogP contribution is 2.13. The summed E-state index contributed by atoms with van der Waals surface area (Å²) in [6, 6.07) is 9.72. The van der Waals surface area contributed by atoms with E-state index in [4.69, 9.17) is 4.74 Å². The number of unbranched alkanes of at least 4 members (excludes halogenated alkanes) is 1. The van der Waals surface area contributed by atoms with Crippen LogP contribution in [0.2, 0.25) is 0 Å². The van der Waals surface area contributed by atoms with Crippen LogP contribution in [0.1, 0.15) is 44.5 Å². The molecule has 0 amide bonds. The second-order valence-corrected chi connectivity index (χ2v) is 6.86. The number of nitrogens with one attached hydrogen (secondary N) is 1. The highest BCUT2D eigenvalue weighted by atomic mass is 16.5. The summed E-state index contributed by atoms with van der Waals surface area (Å²) in [5.74, 6) is 0.123. The summed E-state index contributed by atoms with van der Waals surface area (Å²) in [6.07, 6.45) is 2.57. The summed E-state index contributed by atoms with van der Waals surface area (Å²) in [4.78, 5) is 43.6. The number of fused-ring (bicyclic) bond motifs is 1. The number of carbonyl (C=O) groups is 1. The lowest BCUT2D eigenvalue weighted by atomic mass is 10.1. The average molecular weight is 398 g/mol. The Balaban J connectivity index is 1.80. The number of aromatic nitrogens is 4. The van der Waals surface area contributed by atoms with Gasteiger partial charge in [-0.15, -0.1) is 0 Å². The highest BCUT2D eigenvalue weighted by Gasteiger charge is 2.18. The fourth-order valence-corrected chi connectivity index (χ4v) is 3.30. The van der Waals surface area contributed by atoms with E-state index in [-0.39, 0.29) is 19.0 Å². The second-order valence-electron chi connectivity index (χ2n) is 6.86. The number of hydrogen-bond donors (Lipinski definition) is 1. The third-order valence-electron chi connectivity index (χ3n) is 4.84. The first-order chi connectivity index (χ1) is 14.0. The van der Waals surface area contributed by atoms with Crippen molar-refractivity contribution in [2.24, 2.45) is 0 Å². The molecule has 0 bridgehead atoms. The van der Waals surface area contributed by atoms with Crippen LogP contribution in [0.5, 0.6) is 0 Å². The predicted octanol–water partition coefficient (Wildman–Crippen LogP) is 2.38. The van der Waals surface area contributed by atoms with Crippen LogP contribution in [0, 0.1) is 0 Å². The number of esters is 1. The van der Waals surface area contributed by atoms with E-state index in [0.29, 0.717) is 36.5 Å². The Morgan fingerprint density at radius 1 is 1.14 bits per heavy atom. The Hall–Kier alpha value is -3.16. The van der Waals surface area contributed by atoms with Gasteiger partial charge in [-0.2, -0.15) is 0 Å². The van der Waals surface area contributed by atoms with Gasteiger partial charge in [0.1, 0.15) is 12.4 Å². The minimum atomic E-state index is -0.478. The number of rotatable bonds is 9. The zero-order chi connectivity index (χ0) is 20.8. The van der Waals surface area contributed by atoms with Gasteiger partial charge in [0.05, 0.1) is 0 Å². The minimum Gasteiger partial charge on any atom is -0.457 e. The fourth-order valence-electron chi connectivity index (χ4n) is 3.30. The van der Waals surface area contributed by atoms with E-state index in [1.165, 1.54) is 4.57 Å². The molecule has 1 aromatic carbocycles. The molecule has 3 aromatic rings. The first-order valence-electron chi connectivity index (χ1n) is 9.96. The number of ether oxygens (including phenoxy) is 1. The van der Waals surface area contributed by atoms with Crippen molar-refractivity contribution in [1.82, 2.24) is 19.1 Å². The Morgan fingerprint density at radius 3 is 2.59 bits per heavy atom. The van der Waals surface area contributed by atoms with Gasteiger partial charge in [0.25, 0.3) is 5.56 Å². The monoisotopic (exact) mass is 398 g/mol. The number of benzene rings is 1. The maximum Gasteiger partial charge on any atom is 0.330 e. The number of hydrogen-bond acceptors (Lipinski definition) is 5. The number of imidazole rings is 1. The zero-order valence-corrected chi connectivity index (χ0v) is 16.8. The van der Waals surface area contributed by atoms with E-state index in [1.54, 1.807) is 4.57 Å². The second kappa shape index (κ2) is 9.36. The molecule has 8 heteroatoms. The van der Waals surface area contributed by atoms with Gasteiger partial charge in [-0.1, -0.05) is 43.7 Å². The summed E-state index contributed by atoms with van der Waals surface area (Å²) in [5.41, 5.74) is 0.788. The third-order valence-corrected chi connectivity index (χ3v) is 4.84. The molecule has 154 valence electrons. The van der Waals surface area contributed by atoms with Crippen LogP contribution in [0.3, 0.4) is 0 Å². The summed E-state index contributed by atoms with van der Waals surface area (Å²) >= 11 is 0. The summed E-state index contributed by atoms with van der Waals surface area (Å²) in [7, 11) is 0. The number of carbonyl (C=O) groups excluding carboxylic acids is 1. The van der Waals surface area contributed by atoms with Gasteiger partial charge in [-0.25, -0.2) is 9.78 Å². The van der Waals surface area contributed by atoms with E-state index in [2.05, 4.69) is 9.97 Å². The molecule has 0 saturated carbocycles. The van der Waals surface area contributed by atoms with Crippen LogP contribution in [-0.4, -0.2) is 25.1 Å². The maximum absolute atomic E-state index is 12.4. The molecule has 0 atom stereocenters. The van der Waals surface area contributed by atoms with Gasteiger partial charge >= 0.3 is 11.7 Å². The predicted molar refractivity (Wildman–Crippen MR) is 110 cm³/mol. The van der Waals surface area contributed by atoms with Gasteiger partial charge in [-0.05, 0) is 25.3 Å². The van der Waals surface area contributed by atoms with Crippen molar-refractivity contribution in [1.29, 1.82) is 0 Å². The van der Waals surface area contributed by atoms with Crippen molar-refractivity contribution >= 4 is 17.1 Å². The SMILES string of the molecule is CCCCn1c(=O)[nH]c(=O)c2c1nc(COC(=O)CCc1ccccc1)n2CC. The lowest BCUT2D eigenvalue weighted by Gasteiger charge is -2.07. The van der Waals surface area contributed by atoms with Gasteiger partial charge in [0.2, 0.25) is 0 Å². The lowest BCUT2D eigenvalue weighted by molar-refractivity contribution is -0.145. The first-order valence-corrected chi connectivity index (χ1v) is 9.96. The fraction of sp³-hybridized carbons (Fsp3) is 0.429. The molecule has 29 heavy (non-hydrogen) atoms. The van der Waals surface area contributed by atoms with Crippen molar-refractivity contribution in [3.63, 3.8) is 0 Å². The van der Waals surface area contributed by atoms with Crippen LogP contribution in [-0.2, 0) is 35.6 Å². The van der Waals surface area contributed by atoms with E-state index in [0.717, 1.165) is 18.4 Å². The van der Waals surface area contributed by atoms with Crippen molar-refractivity contribution in [3.8, 4) is 0 Å². The van der Waals surface area contributed by atoms with Crippen LogP contribution in [0.25, 0.3) is 11.2 Å². The molecule has 8 nitrogen and oxygen atoms in total. The number of aryl methyl sites for hydroxylation is 3. The molecule has 0 aliphatic rings. The maximum atomic E-state index is 12.4. The number of H-pyrrole nitrogens is 1. The third kappa shape index (κ3) is 4.64. The molecule has 0 aliphatic carbocycles. The highest BCUT2D eigenvalue weighted by molar-refractivity contribution is 5.72. The number of aromatic amines is 1. The molecule has 0 unspecified atom stereocenters. The van der Waals surface area contributed by atoms with Gasteiger partial charge in [-0.3, -0.25) is 19.1 Å². The van der Waals surface area contributed by atoms with Gasteiger partial charge < -0.3 is 9.30 Å². The van der Waals surface area contributed by atoms with Gasteiger partial charge in [0.15, 0.2) is 11.2 Å². The van der Waals surface area contributed by atoms with Crippen LogP contribution < -0.4 is 11.2 Å². The van der Waals surface area contributed by atoms with Crippen LogP contribution >= 0.6 is 0 Å². The topological polar surface area (TPSA) is 99.0 Å². The normalized spacial score (nSPS) is 11.1. The molecule has 3 rings (SSSR count). The molecule has 0 aliphatic heterocycles. The largest absolute Gasteiger partial charge is 0.457 e. The Bertz CT molecular complexity index is 1100.